The molecule has 0 fully saturated rings. The maximum atomic E-state index is 11.8. The Balaban J connectivity index is 1.89. The summed E-state index contributed by atoms with van der Waals surface area (Å²) in [6, 6.07) is 15.7. The number of hydrogen-bond donors (Lipinski definition) is 0. The van der Waals surface area contributed by atoms with Crippen LogP contribution in [0.4, 0.5) is 4.79 Å². The van der Waals surface area contributed by atoms with Gasteiger partial charge in [-0.05, 0) is 35.6 Å². The van der Waals surface area contributed by atoms with Crippen LogP contribution in [0.15, 0.2) is 48.5 Å². The standard InChI is InChI=1S/C19H22O3/c1-3-16-11-8-12-18(17(16)4-2)22-19(20)21-14-13-15-9-6-5-7-10-15/h5-12H,3-4,13-14H2,1-2H3. The maximum Gasteiger partial charge on any atom is 0.513 e. The average molecular weight is 298 g/mol. The highest BCUT2D eigenvalue weighted by molar-refractivity contribution is 5.65. The Morgan fingerprint density at radius 1 is 0.955 bits per heavy atom. The van der Waals surface area contributed by atoms with Gasteiger partial charge in [0.15, 0.2) is 0 Å². The first-order valence-electron chi connectivity index (χ1n) is 7.73. The van der Waals surface area contributed by atoms with Crippen molar-refractivity contribution in [2.24, 2.45) is 0 Å². The number of aryl methyl sites for hydroxylation is 1. The van der Waals surface area contributed by atoms with Crippen molar-refractivity contribution in [2.45, 2.75) is 33.1 Å². The molecule has 2 rings (SSSR count). The topological polar surface area (TPSA) is 35.5 Å². The van der Waals surface area contributed by atoms with Crippen molar-refractivity contribution >= 4 is 6.16 Å². The normalized spacial score (nSPS) is 10.3. The summed E-state index contributed by atoms with van der Waals surface area (Å²) >= 11 is 0. The van der Waals surface area contributed by atoms with Gasteiger partial charge in [-0.3, -0.25) is 0 Å². The molecule has 0 amide bonds. The maximum absolute atomic E-state index is 11.8. The van der Waals surface area contributed by atoms with Crippen molar-refractivity contribution in [3.8, 4) is 5.75 Å². The molecular weight excluding hydrogens is 276 g/mol. The first kappa shape index (κ1) is 16.1. The van der Waals surface area contributed by atoms with Crippen molar-refractivity contribution in [3.63, 3.8) is 0 Å². The SMILES string of the molecule is CCc1cccc(OC(=O)OCCc2ccccc2)c1CC. The van der Waals surface area contributed by atoms with Gasteiger partial charge in [0.25, 0.3) is 0 Å². The molecule has 3 nitrogen and oxygen atoms in total. The summed E-state index contributed by atoms with van der Waals surface area (Å²) in [5.74, 6) is 0.603. The summed E-state index contributed by atoms with van der Waals surface area (Å²) < 4.78 is 10.5. The Bertz CT molecular complexity index is 605. The molecule has 0 heterocycles. The van der Waals surface area contributed by atoms with Crippen LogP contribution in [0.25, 0.3) is 0 Å². The van der Waals surface area contributed by atoms with Crippen LogP contribution in [0.1, 0.15) is 30.5 Å². The van der Waals surface area contributed by atoms with E-state index in [9.17, 15) is 4.79 Å². The van der Waals surface area contributed by atoms with E-state index in [0.29, 0.717) is 18.8 Å². The van der Waals surface area contributed by atoms with E-state index in [1.807, 2.05) is 42.5 Å². The highest BCUT2D eigenvalue weighted by Crippen LogP contribution is 2.24. The quantitative estimate of drug-likeness (QED) is 0.579. The minimum Gasteiger partial charge on any atom is -0.434 e. The second kappa shape index (κ2) is 8.23. The third-order valence-corrected chi connectivity index (χ3v) is 3.61. The van der Waals surface area contributed by atoms with Gasteiger partial charge in [-0.15, -0.1) is 0 Å². The van der Waals surface area contributed by atoms with Crippen molar-refractivity contribution in [3.05, 3.63) is 65.2 Å². The number of ether oxygens (including phenoxy) is 2. The fraction of sp³-hybridized carbons (Fsp3) is 0.316. The Hall–Kier alpha value is -2.29. The fourth-order valence-electron chi connectivity index (χ4n) is 2.46. The number of rotatable bonds is 6. The molecule has 0 bridgehead atoms. The lowest BCUT2D eigenvalue weighted by Crippen LogP contribution is -2.14. The van der Waals surface area contributed by atoms with Gasteiger partial charge in [-0.1, -0.05) is 56.3 Å². The minimum absolute atomic E-state index is 0.317. The number of hydrogen-bond acceptors (Lipinski definition) is 3. The van der Waals surface area contributed by atoms with Gasteiger partial charge < -0.3 is 9.47 Å². The molecule has 0 aromatic heterocycles. The molecule has 0 N–H and O–H groups in total. The second-order valence-electron chi connectivity index (χ2n) is 5.04. The summed E-state index contributed by atoms with van der Waals surface area (Å²) in [5.41, 5.74) is 3.42. The molecule has 0 aliphatic carbocycles. The molecule has 0 radical (unpaired) electrons. The highest BCUT2D eigenvalue weighted by atomic mass is 16.7. The first-order valence-corrected chi connectivity index (χ1v) is 7.73. The van der Waals surface area contributed by atoms with Gasteiger partial charge in [0.1, 0.15) is 5.75 Å². The smallest absolute Gasteiger partial charge is 0.434 e. The molecule has 0 saturated carbocycles. The molecule has 0 aliphatic heterocycles. The summed E-state index contributed by atoms with van der Waals surface area (Å²) in [6.45, 7) is 4.47. The van der Waals surface area contributed by atoms with Crippen molar-refractivity contribution in [2.75, 3.05) is 6.61 Å². The lowest BCUT2D eigenvalue weighted by atomic mass is 10.0. The van der Waals surface area contributed by atoms with E-state index in [0.717, 1.165) is 24.0 Å². The van der Waals surface area contributed by atoms with Crippen LogP contribution in [0, 0.1) is 0 Å². The van der Waals surface area contributed by atoms with E-state index in [1.165, 1.54) is 5.56 Å². The zero-order valence-electron chi connectivity index (χ0n) is 13.2. The molecule has 2 aromatic carbocycles. The molecule has 0 spiro atoms. The average Bonchev–Trinajstić information content (AvgIpc) is 2.55. The third kappa shape index (κ3) is 4.35. The summed E-state index contributed by atoms with van der Waals surface area (Å²) in [5, 5.41) is 0. The molecule has 2 aromatic rings. The van der Waals surface area contributed by atoms with Gasteiger partial charge >= 0.3 is 6.16 Å². The number of carbonyl (C=O) groups is 1. The lowest BCUT2D eigenvalue weighted by molar-refractivity contribution is 0.0998. The van der Waals surface area contributed by atoms with Crippen LogP contribution in [0.3, 0.4) is 0 Å². The third-order valence-electron chi connectivity index (χ3n) is 3.61. The molecule has 0 aliphatic rings. The monoisotopic (exact) mass is 298 g/mol. The molecule has 116 valence electrons. The lowest BCUT2D eigenvalue weighted by Gasteiger charge is -2.12. The summed E-state index contributed by atoms with van der Waals surface area (Å²) in [7, 11) is 0. The van der Waals surface area contributed by atoms with E-state index in [-0.39, 0.29) is 0 Å². The van der Waals surface area contributed by atoms with E-state index in [4.69, 9.17) is 9.47 Å². The Labute approximate surface area is 131 Å². The van der Waals surface area contributed by atoms with Crippen LogP contribution in [-0.4, -0.2) is 12.8 Å². The van der Waals surface area contributed by atoms with Gasteiger partial charge in [-0.2, -0.15) is 0 Å². The van der Waals surface area contributed by atoms with Crippen LogP contribution < -0.4 is 4.74 Å². The second-order valence-corrected chi connectivity index (χ2v) is 5.04. The Morgan fingerprint density at radius 2 is 1.73 bits per heavy atom. The van der Waals surface area contributed by atoms with Crippen LogP contribution >= 0.6 is 0 Å². The van der Waals surface area contributed by atoms with Gasteiger partial charge in [0.2, 0.25) is 0 Å². The number of carbonyl (C=O) groups excluding carboxylic acids is 1. The van der Waals surface area contributed by atoms with Gasteiger partial charge in [-0.25, -0.2) is 4.79 Å². The van der Waals surface area contributed by atoms with Gasteiger partial charge in [0.05, 0.1) is 6.61 Å². The van der Waals surface area contributed by atoms with Crippen LogP contribution in [-0.2, 0) is 24.0 Å². The summed E-state index contributed by atoms with van der Waals surface area (Å²) in [4.78, 5) is 11.8. The number of benzene rings is 2. The van der Waals surface area contributed by atoms with E-state index in [2.05, 4.69) is 19.9 Å². The predicted octanol–water partition coefficient (Wildman–Crippen LogP) is 4.57. The van der Waals surface area contributed by atoms with Crippen molar-refractivity contribution in [1.29, 1.82) is 0 Å². The van der Waals surface area contributed by atoms with Gasteiger partial charge in [0, 0.05) is 6.42 Å². The molecule has 3 heteroatoms. The zero-order chi connectivity index (χ0) is 15.8. The molecule has 0 saturated heterocycles. The van der Waals surface area contributed by atoms with Crippen LogP contribution in [0.5, 0.6) is 5.75 Å². The first-order chi connectivity index (χ1) is 10.7. The van der Waals surface area contributed by atoms with E-state index < -0.39 is 6.16 Å². The van der Waals surface area contributed by atoms with Crippen molar-refractivity contribution in [1.82, 2.24) is 0 Å². The zero-order valence-corrected chi connectivity index (χ0v) is 13.2. The van der Waals surface area contributed by atoms with E-state index >= 15 is 0 Å². The minimum atomic E-state index is -0.640. The van der Waals surface area contributed by atoms with Crippen LogP contribution in [0.2, 0.25) is 0 Å². The molecule has 0 unspecified atom stereocenters. The fourth-order valence-corrected chi connectivity index (χ4v) is 2.46. The molecule has 0 atom stereocenters. The highest BCUT2D eigenvalue weighted by Gasteiger charge is 2.12. The Kier molecular flexibility index (Phi) is 6.01. The van der Waals surface area contributed by atoms with Crippen molar-refractivity contribution < 1.29 is 14.3 Å². The van der Waals surface area contributed by atoms with E-state index in [1.54, 1.807) is 0 Å². The molecular formula is C19H22O3. The largest absolute Gasteiger partial charge is 0.513 e. The molecule has 22 heavy (non-hydrogen) atoms. The Morgan fingerprint density at radius 3 is 2.41 bits per heavy atom. The predicted molar refractivity (Wildman–Crippen MR) is 87.3 cm³/mol. The summed E-state index contributed by atoms with van der Waals surface area (Å²) in [6.07, 6.45) is 1.80.